The van der Waals surface area contributed by atoms with Crippen molar-refractivity contribution < 1.29 is 55.9 Å². The minimum atomic E-state index is -5.08. The molecule has 0 aliphatic carbocycles. The largest absolute Gasteiger partial charge is 0.485 e. The van der Waals surface area contributed by atoms with Gasteiger partial charge in [0.25, 0.3) is 17.4 Å². The third kappa shape index (κ3) is 10.3. The highest BCUT2D eigenvalue weighted by molar-refractivity contribution is 7.80. The lowest BCUT2D eigenvalue weighted by molar-refractivity contribution is -0.218. The second-order valence-corrected chi connectivity index (χ2v) is 17.0. The summed E-state index contributed by atoms with van der Waals surface area (Å²) in [7, 11) is -5.08. The highest BCUT2D eigenvalue weighted by atomic mass is 32.3. The minimum Gasteiger partial charge on any atom is -0.485 e. The van der Waals surface area contributed by atoms with Crippen LogP contribution in [0.15, 0.2) is 33.7 Å². The number of aromatic nitrogens is 1. The van der Waals surface area contributed by atoms with Crippen molar-refractivity contribution in [1.29, 1.82) is 0 Å². The van der Waals surface area contributed by atoms with Crippen LogP contribution in [0.2, 0.25) is 0 Å². The van der Waals surface area contributed by atoms with Crippen LogP contribution in [0, 0.1) is 0 Å². The quantitative estimate of drug-likeness (QED) is 0.0463. The van der Waals surface area contributed by atoms with Gasteiger partial charge < -0.3 is 41.1 Å². The first-order valence-electron chi connectivity index (χ1n) is 17.9. The van der Waals surface area contributed by atoms with Crippen LogP contribution < -0.4 is 31.7 Å². The molecule has 0 bridgehead atoms. The van der Waals surface area contributed by atoms with E-state index in [1.165, 1.54) is 26.2 Å². The highest BCUT2D eigenvalue weighted by Crippen LogP contribution is 2.36. The number of guanidine groups is 1. The second-order valence-electron chi connectivity index (χ2n) is 15.2. The van der Waals surface area contributed by atoms with Crippen LogP contribution in [0.3, 0.4) is 0 Å². The molecule has 23 heteroatoms. The predicted octanol–water partition coefficient (Wildman–Crippen LogP) is 1.27. The summed E-state index contributed by atoms with van der Waals surface area (Å²) in [6.07, 6.45) is -0.483. The van der Waals surface area contributed by atoms with Gasteiger partial charge in [0.1, 0.15) is 23.1 Å². The van der Waals surface area contributed by atoms with Crippen LogP contribution in [-0.4, -0.2) is 119 Å². The molecule has 1 aromatic heterocycles. The number of amides is 3. The van der Waals surface area contributed by atoms with Gasteiger partial charge in [0.05, 0.1) is 12.1 Å². The van der Waals surface area contributed by atoms with Crippen molar-refractivity contribution in [2.75, 3.05) is 31.5 Å². The van der Waals surface area contributed by atoms with Crippen molar-refractivity contribution in [3.05, 3.63) is 40.4 Å². The van der Waals surface area contributed by atoms with Gasteiger partial charge in [0, 0.05) is 24.4 Å². The Balaban J connectivity index is 1.36. The zero-order valence-corrected chi connectivity index (χ0v) is 33.8. The van der Waals surface area contributed by atoms with E-state index in [2.05, 4.69) is 40.7 Å². The van der Waals surface area contributed by atoms with Gasteiger partial charge in [-0.2, -0.15) is 13.5 Å². The number of oxime groups is 1. The molecule has 57 heavy (non-hydrogen) atoms. The molecule has 1 fully saturated rings. The highest BCUT2D eigenvalue weighted by Gasteiger charge is 2.58. The summed E-state index contributed by atoms with van der Waals surface area (Å²) in [5, 5.41) is 27.5. The number of benzene rings is 1. The van der Waals surface area contributed by atoms with E-state index in [1.54, 1.807) is 26.8 Å². The molecule has 0 radical (unpaired) electrons. The number of hydroxylamine groups is 2. The number of thiazole rings is 1. The summed E-state index contributed by atoms with van der Waals surface area (Å²) in [5.74, 6) is -2.30. The number of carboxylic acids is 1. The summed E-state index contributed by atoms with van der Waals surface area (Å²) in [5.41, 5.74) is 2.18. The van der Waals surface area contributed by atoms with E-state index in [9.17, 15) is 32.7 Å². The number of hydrogen-bond donors (Lipinski definition) is 7. The number of carbonyl (C=O) groups excluding carboxylic acids is 3. The molecule has 3 amide bonds. The lowest BCUT2D eigenvalue weighted by Gasteiger charge is -2.50. The smallest absolute Gasteiger partial charge is 0.418 e. The van der Waals surface area contributed by atoms with Gasteiger partial charge in [-0.1, -0.05) is 17.3 Å². The van der Waals surface area contributed by atoms with Crippen LogP contribution in [0.25, 0.3) is 0 Å². The number of hydrogen-bond acceptors (Lipinski definition) is 17. The zero-order valence-electron chi connectivity index (χ0n) is 32.2. The maximum atomic E-state index is 13.8. The van der Waals surface area contributed by atoms with Gasteiger partial charge in [-0.05, 0) is 84.5 Å². The molecule has 2 aromatic rings. The molecule has 4 atom stereocenters. The molecule has 21 nitrogen and oxygen atoms in total. The Bertz CT molecular complexity index is 2050. The molecule has 3 unspecified atom stereocenters. The van der Waals surface area contributed by atoms with Crippen molar-refractivity contribution in [3.63, 3.8) is 0 Å². The van der Waals surface area contributed by atoms with E-state index >= 15 is 0 Å². The van der Waals surface area contributed by atoms with E-state index in [-0.39, 0.29) is 23.2 Å². The number of aliphatic carboxylic acids is 1. The van der Waals surface area contributed by atoms with Gasteiger partial charge in [-0.3, -0.25) is 24.5 Å². The van der Waals surface area contributed by atoms with E-state index in [1.807, 2.05) is 12.1 Å². The first-order valence-corrected chi connectivity index (χ1v) is 20.1. The first-order chi connectivity index (χ1) is 26.6. The molecule has 3 aliphatic rings. The van der Waals surface area contributed by atoms with Gasteiger partial charge in [0.15, 0.2) is 22.9 Å². The van der Waals surface area contributed by atoms with Gasteiger partial charge in [-0.15, -0.1) is 15.6 Å². The SMILES string of the molecule is CC(C)(C)OC(=O)Nc1nc(/C(=N/OC(C)(C(=O)O)[C@H]2CCc3cc(C4CN=C(NCCCN)NC4)ccc3O2)C(=O)NC2C(=O)N(OS(=O)(=O)O)C2(C)C)cs1. The Morgan fingerprint density at radius 2 is 1.96 bits per heavy atom. The number of nitrogens with one attached hydrogen (secondary N) is 4. The molecule has 4 heterocycles. The molecule has 1 aromatic carbocycles. The first kappa shape index (κ1) is 43.0. The molecular formula is C34H47N9O12S2. The minimum absolute atomic E-state index is 0.0180. The number of carbonyl (C=O) groups is 4. The standard InChI is InChI=1S/C34H47N9O12S2/c1-32(2,3)53-31(48)41-30-39-21(17-56-30)24(26(44)40-25-27(45)43(33(25,4)5)55-57(49,50)51)42-54-34(6,28(46)47)23-11-9-19-14-18(8-10-22(19)52-23)20-15-37-29(38-16-20)36-13-7-12-35/h8,10,14,17,20,23,25H,7,9,11-13,15-16,35H2,1-6H3,(H,40,44)(H,46,47)(H2,36,37,38)(H,39,41,48)(H,49,50,51)/b42-24-/t23-,25?,34?/m1/s1. The fourth-order valence-corrected chi connectivity index (χ4v) is 7.21. The van der Waals surface area contributed by atoms with Crippen LogP contribution in [0.1, 0.15) is 77.1 Å². The topological polar surface area (TPSA) is 295 Å². The number of aliphatic imine (C=N–C) groups is 1. The number of fused-ring (bicyclic) bond motifs is 1. The number of β-lactam (4-membered cyclic amide) rings is 1. The molecule has 312 valence electrons. The Labute approximate surface area is 332 Å². The number of carboxylic acid groups (broad SMARTS) is 1. The van der Waals surface area contributed by atoms with Crippen LogP contribution in [0.5, 0.6) is 5.75 Å². The van der Waals surface area contributed by atoms with E-state index in [0.717, 1.165) is 41.4 Å². The number of aryl methyl sites for hydroxylation is 1. The Hall–Kier alpha value is -5.10. The normalized spacial score (nSPS) is 21.6. The Kier molecular flexibility index (Phi) is 12.7. The molecular weight excluding hydrogens is 791 g/mol. The van der Waals surface area contributed by atoms with Gasteiger partial charge in [0.2, 0.25) is 0 Å². The van der Waals surface area contributed by atoms with E-state index in [0.29, 0.717) is 36.9 Å². The number of nitrogens with two attached hydrogens (primary N) is 1. The lowest BCUT2D eigenvalue weighted by atomic mass is 9.84. The monoisotopic (exact) mass is 837 g/mol. The van der Waals surface area contributed by atoms with Crippen LogP contribution in [-0.2, 0) is 45.1 Å². The molecule has 1 saturated heterocycles. The Morgan fingerprint density at radius 1 is 1.23 bits per heavy atom. The maximum Gasteiger partial charge on any atom is 0.418 e. The number of anilines is 1. The summed E-state index contributed by atoms with van der Waals surface area (Å²) >= 11 is 0.882. The molecule has 3 aliphatic heterocycles. The van der Waals surface area contributed by atoms with Crippen molar-refractivity contribution in [2.45, 2.75) is 95.6 Å². The number of ether oxygens (including phenoxy) is 2. The number of rotatable bonds is 14. The zero-order chi connectivity index (χ0) is 41.9. The molecule has 0 saturated carbocycles. The van der Waals surface area contributed by atoms with Crippen LogP contribution in [0.4, 0.5) is 9.93 Å². The van der Waals surface area contributed by atoms with Crippen molar-refractivity contribution in [1.82, 2.24) is 26.0 Å². The molecule has 0 spiro atoms. The van der Waals surface area contributed by atoms with Crippen molar-refractivity contribution >= 4 is 62.4 Å². The van der Waals surface area contributed by atoms with E-state index < -0.39 is 68.9 Å². The Morgan fingerprint density at radius 3 is 2.58 bits per heavy atom. The summed E-state index contributed by atoms with van der Waals surface area (Å²) in [6, 6.07) is 4.27. The molecule has 5 rings (SSSR count). The number of nitrogens with zero attached hydrogens (tertiary/aromatic N) is 4. The van der Waals surface area contributed by atoms with Crippen molar-refractivity contribution in [3.8, 4) is 5.75 Å². The average Bonchev–Trinajstić information content (AvgIpc) is 3.58. The van der Waals surface area contributed by atoms with Gasteiger partial charge >= 0.3 is 22.5 Å². The van der Waals surface area contributed by atoms with Crippen molar-refractivity contribution in [2.24, 2.45) is 15.9 Å². The summed E-state index contributed by atoms with van der Waals surface area (Å²) in [6.45, 7) is 11.5. The van der Waals surface area contributed by atoms with Gasteiger partial charge in [-0.25, -0.2) is 14.6 Å². The van der Waals surface area contributed by atoms with Crippen LogP contribution >= 0.6 is 11.3 Å². The molecule has 8 N–H and O–H groups in total. The predicted molar refractivity (Wildman–Crippen MR) is 205 cm³/mol. The second kappa shape index (κ2) is 16.8. The fraction of sp³-hybridized carbons (Fsp3) is 0.559. The summed E-state index contributed by atoms with van der Waals surface area (Å²) in [4.78, 5) is 66.4. The summed E-state index contributed by atoms with van der Waals surface area (Å²) < 4.78 is 47.5. The fourth-order valence-electron chi connectivity index (χ4n) is 6.07. The lowest BCUT2D eigenvalue weighted by Crippen LogP contribution is -2.76. The van der Waals surface area contributed by atoms with E-state index in [4.69, 9.17) is 24.6 Å². The average molecular weight is 838 g/mol. The third-order valence-electron chi connectivity index (χ3n) is 9.22. The maximum absolute atomic E-state index is 13.8. The third-order valence-corrected chi connectivity index (χ3v) is 10.3.